The Bertz CT molecular complexity index is 10400. The van der Waals surface area contributed by atoms with E-state index in [2.05, 4.69) is 490 Å². The standard InChI is InChI=1S/C47H29N.C46H26N4O.C42H26N2/c1-2-14-34-30(10-1)11-9-21-42(34)48-43-27-26-33(28-41(43)46-39-19-7-12-31-13-8-20-40(45(31)39)47(46)48)29-22-24-32(25-23-29)44-37-17-5-3-15-35(37)36-16-4-6-18-38(36)44;1-2-14-29(15-3-1)49-36-21-7-4-16-30(36)31-25-24-28(26-38(31)49)45-47-42-33-18-6-9-23-39(33)51-44(42)46(48-45)50-37-22-8-5-17-32(37)41-34-19-10-12-27-13-11-20-35(40(27)34)43(41)50;1-3-13-30(14-4-1)43-37-20-8-7-17-32(37)35-25-28(21-23-38(35)43)29-22-24-39-36(26-29)41-33-18-9-11-27-12-10-19-34(40(27)33)42(41)44(39)31-15-5-2-6-16-31/h1-28,44H;1-26H;1-26H. The number of fused-ring (bicyclic) bond motifs is 28. The summed E-state index contributed by atoms with van der Waals surface area (Å²) in [5, 5.41) is 20.0. The first-order chi connectivity index (χ1) is 71.0. The molecule has 4 aliphatic rings. The summed E-state index contributed by atoms with van der Waals surface area (Å²) in [4.78, 5) is 10.8. The third kappa shape index (κ3) is 11.6. The molecule has 0 saturated carbocycles. The van der Waals surface area contributed by atoms with Gasteiger partial charge in [0.25, 0.3) is 0 Å². The predicted molar refractivity (Wildman–Crippen MR) is 594 cm³/mol. The second kappa shape index (κ2) is 30.7. The van der Waals surface area contributed by atoms with Gasteiger partial charge in [-0.2, -0.15) is 0 Å². The minimum Gasteiger partial charge on any atom is -0.450 e. The maximum Gasteiger partial charge on any atom is 0.197 e. The molecule has 143 heavy (non-hydrogen) atoms. The Balaban J connectivity index is 0.0000000984. The molecule has 0 amide bonds. The molecule has 0 bridgehead atoms. The zero-order valence-corrected chi connectivity index (χ0v) is 77.3. The Hall–Kier alpha value is -19.0. The van der Waals surface area contributed by atoms with Gasteiger partial charge >= 0.3 is 0 Å². The van der Waals surface area contributed by atoms with Crippen LogP contribution < -0.4 is 0 Å². The van der Waals surface area contributed by atoms with E-state index >= 15 is 0 Å². The summed E-state index contributed by atoms with van der Waals surface area (Å²) in [5.74, 6) is 1.64. The highest BCUT2D eigenvalue weighted by Crippen LogP contribution is 2.59. The zero-order valence-electron chi connectivity index (χ0n) is 77.3. The predicted octanol–water partition coefficient (Wildman–Crippen LogP) is 35.5. The fraction of sp³-hybridized carbons (Fsp3) is 0.00741. The Morgan fingerprint density at radius 1 is 0.210 bits per heavy atom. The Kier molecular flexibility index (Phi) is 17.0. The first-order valence-electron chi connectivity index (χ1n) is 49.3. The molecule has 29 aromatic rings. The van der Waals surface area contributed by atoms with E-state index in [-0.39, 0.29) is 5.92 Å². The van der Waals surface area contributed by atoms with Crippen molar-refractivity contribution in [3.63, 3.8) is 0 Å². The van der Waals surface area contributed by atoms with Crippen molar-refractivity contribution in [2.75, 3.05) is 0 Å². The Morgan fingerprint density at radius 2 is 0.580 bits per heavy atom. The van der Waals surface area contributed by atoms with Crippen LogP contribution in [0.1, 0.15) is 22.6 Å². The van der Waals surface area contributed by atoms with Crippen molar-refractivity contribution >= 4 is 141 Å². The largest absolute Gasteiger partial charge is 0.450 e. The first kappa shape index (κ1) is 79.1. The van der Waals surface area contributed by atoms with E-state index in [0.29, 0.717) is 11.4 Å². The molecule has 0 unspecified atom stereocenters. The maximum atomic E-state index is 6.69. The molecular weight excluding hydrogens is 1740 g/mol. The molecule has 662 valence electrons. The van der Waals surface area contributed by atoms with Crippen LogP contribution in [-0.4, -0.2) is 32.8 Å². The lowest BCUT2D eigenvalue weighted by Gasteiger charge is -2.15. The van der Waals surface area contributed by atoms with Crippen molar-refractivity contribution in [3.05, 3.63) is 502 Å². The highest BCUT2D eigenvalue weighted by atomic mass is 16.3. The van der Waals surface area contributed by atoms with Gasteiger partial charge in [-0.25, -0.2) is 9.97 Å². The lowest BCUT2D eigenvalue weighted by molar-refractivity contribution is 0.662. The number of hydrogen-bond acceptors (Lipinski definition) is 3. The highest BCUT2D eigenvalue weighted by molar-refractivity contribution is 6.27. The van der Waals surface area contributed by atoms with E-state index in [0.717, 1.165) is 55.8 Å². The van der Waals surface area contributed by atoms with Crippen molar-refractivity contribution in [3.8, 4) is 140 Å². The fourth-order valence-electron chi connectivity index (χ4n) is 24.9. The number of rotatable bonds is 9. The minimum atomic E-state index is 0.255. The van der Waals surface area contributed by atoms with Crippen molar-refractivity contribution < 1.29 is 4.42 Å². The molecule has 7 heterocycles. The zero-order chi connectivity index (χ0) is 93.3. The van der Waals surface area contributed by atoms with E-state index in [1.54, 1.807) is 0 Å². The summed E-state index contributed by atoms with van der Waals surface area (Å²) in [6, 6.07) is 176. The van der Waals surface area contributed by atoms with Crippen molar-refractivity contribution in [1.29, 1.82) is 0 Å². The fourth-order valence-corrected chi connectivity index (χ4v) is 24.9. The topological polar surface area (TPSA) is 63.6 Å². The van der Waals surface area contributed by atoms with Crippen LogP contribution in [0.3, 0.4) is 0 Å². The SMILES string of the molecule is c1ccc(-n2c3c(c4cc(-c5ccc6c(c5)c5ccccc5n6-c5ccccc5)ccc42)-c2cccc4cccc-3c24)cc1.c1ccc(-n2c3ccccc3c3ccc(-c4nc(-n5c6c(c7ccccc75)-c5cccc7cccc-6c57)c5oc6ccccc6c5n4)cc32)cc1.c1ccc2c(c1)-c1ccccc1C2c1ccc(-c2ccc3c(c2)c2c(n3-c3cccc4ccccc34)-c3cccc4cccc-2c34)cc1. The number of furan rings is 1. The molecule has 4 aliphatic carbocycles. The van der Waals surface area contributed by atoms with E-state index in [9.17, 15) is 0 Å². The number of nitrogens with zero attached hydrogens (tertiary/aromatic N) is 7. The number of para-hydroxylation sites is 7. The molecule has 0 radical (unpaired) electrons. The molecule has 0 N–H and O–H groups in total. The van der Waals surface area contributed by atoms with Gasteiger partial charge in [0, 0.05) is 110 Å². The van der Waals surface area contributed by atoms with E-state index in [4.69, 9.17) is 14.4 Å². The van der Waals surface area contributed by atoms with Gasteiger partial charge in [0.1, 0.15) is 11.1 Å². The van der Waals surface area contributed by atoms with Gasteiger partial charge in [0.2, 0.25) is 0 Å². The number of aromatic nitrogens is 7. The van der Waals surface area contributed by atoms with Crippen LogP contribution in [0.4, 0.5) is 0 Å². The normalized spacial score (nSPS) is 12.4. The van der Waals surface area contributed by atoms with E-state index in [1.807, 2.05) is 18.2 Å². The molecule has 22 aromatic carbocycles. The second-order valence-electron chi connectivity index (χ2n) is 38.3. The average Bonchev–Trinajstić information content (AvgIpc) is 1.54. The number of hydrogen-bond donors (Lipinski definition) is 0. The Morgan fingerprint density at radius 3 is 1.15 bits per heavy atom. The van der Waals surface area contributed by atoms with Crippen LogP contribution >= 0.6 is 0 Å². The van der Waals surface area contributed by atoms with Crippen molar-refractivity contribution in [2.45, 2.75) is 5.92 Å². The molecule has 0 saturated heterocycles. The molecule has 0 spiro atoms. The molecule has 0 fully saturated rings. The molecule has 8 heteroatoms. The maximum absolute atomic E-state index is 6.69. The molecule has 0 aliphatic heterocycles. The van der Waals surface area contributed by atoms with Crippen molar-refractivity contribution in [2.24, 2.45) is 0 Å². The summed E-state index contributed by atoms with van der Waals surface area (Å²) < 4.78 is 18.7. The third-order valence-corrected chi connectivity index (χ3v) is 30.9. The quantitative estimate of drug-likeness (QED) is 0.145. The molecule has 7 aromatic heterocycles. The molecule has 8 nitrogen and oxygen atoms in total. The highest BCUT2D eigenvalue weighted by Gasteiger charge is 2.37. The summed E-state index contributed by atoms with van der Waals surface area (Å²) >= 11 is 0. The lowest BCUT2D eigenvalue weighted by atomic mass is 9.88. The van der Waals surface area contributed by atoms with Crippen LogP contribution in [-0.2, 0) is 0 Å². The molecular formula is C135H81N7O. The summed E-state index contributed by atoms with van der Waals surface area (Å²) in [6.07, 6.45) is 0. The van der Waals surface area contributed by atoms with Gasteiger partial charge in [-0.05, 0) is 220 Å². The Labute approximate surface area is 821 Å². The van der Waals surface area contributed by atoms with Crippen LogP contribution in [0.5, 0.6) is 0 Å². The van der Waals surface area contributed by atoms with Crippen LogP contribution in [0.2, 0.25) is 0 Å². The monoisotopic (exact) mass is 1820 g/mol. The van der Waals surface area contributed by atoms with Crippen LogP contribution in [0.15, 0.2) is 490 Å². The van der Waals surface area contributed by atoms with Gasteiger partial charge in [-0.1, -0.05) is 370 Å². The first-order valence-corrected chi connectivity index (χ1v) is 49.3. The smallest absolute Gasteiger partial charge is 0.197 e. The van der Waals surface area contributed by atoms with Gasteiger partial charge in [0.15, 0.2) is 17.2 Å². The average molecular weight is 1820 g/mol. The van der Waals surface area contributed by atoms with E-state index in [1.165, 1.54) is 231 Å². The minimum absolute atomic E-state index is 0.255. The van der Waals surface area contributed by atoms with Gasteiger partial charge in [-0.3, -0.25) is 4.57 Å². The number of benzene rings is 22. The second-order valence-corrected chi connectivity index (χ2v) is 38.3. The van der Waals surface area contributed by atoms with Crippen LogP contribution in [0, 0.1) is 0 Å². The van der Waals surface area contributed by atoms with Crippen molar-refractivity contribution in [1.82, 2.24) is 32.8 Å². The third-order valence-electron chi connectivity index (χ3n) is 30.9. The molecule has 33 rings (SSSR count). The van der Waals surface area contributed by atoms with Gasteiger partial charge in [-0.15, -0.1) is 0 Å². The van der Waals surface area contributed by atoms with E-state index < -0.39 is 0 Å². The van der Waals surface area contributed by atoms with Gasteiger partial charge < -0.3 is 22.7 Å². The summed E-state index contributed by atoms with van der Waals surface area (Å²) in [5.41, 5.74) is 43.3. The summed E-state index contributed by atoms with van der Waals surface area (Å²) in [6.45, 7) is 0. The van der Waals surface area contributed by atoms with Crippen LogP contribution in [0.25, 0.3) is 282 Å². The lowest BCUT2D eigenvalue weighted by Crippen LogP contribution is -2.03. The van der Waals surface area contributed by atoms with Gasteiger partial charge in [0.05, 0.1) is 61.4 Å². The summed E-state index contributed by atoms with van der Waals surface area (Å²) in [7, 11) is 0. The molecule has 0 atom stereocenters.